The minimum Gasteiger partial charge on any atom is -0.486 e. The molecule has 5 rings (SSSR count). The first-order chi connectivity index (χ1) is 16.6. The SMILES string of the molecule is COc1ccc2nccc(CCNC[C@H](O)C3CN(c4ccc5c(c4)OCCO5)C(=O)O3)c2n1. The third-order valence-corrected chi connectivity index (χ3v) is 5.88. The fraction of sp³-hybridized carbons (Fsp3) is 0.375. The molecule has 1 fully saturated rings. The summed E-state index contributed by atoms with van der Waals surface area (Å²) in [6.07, 6.45) is 0.466. The van der Waals surface area contributed by atoms with E-state index < -0.39 is 18.3 Å². The van der Waals surface area contributed by atoms with Gasteiger partial charge in [0.25, 0.3) is 0 Å². The molecule has 2 atom stereocenters. The summed E-state index contributed by atoms with van der Waals surface area (Å²) in [7, 11) is 1.58. The van der Waals surface area contributed by atoms with Crippen LogP contribution in [0.15, 0.2) is 42.6 Å². The number of carbonyl (C=O) groups is 1. The van der Waals surface area contributed by atoms with Gasteiger partial charge in [-0.1, -0.05) is 0 Å². The Morgan fingerprint density at radius 1 is 1.21 bits per heavy atom. The Morgan fingerprint density at radius 3 is 2.91 bits per heavy atom. The first-order valence-corrected chi connectivity index (χ1v) is 11.2. The zero-order valence-electron chi connectivity index (χ0n) is 18.8. The number of hydrogen-bond donors (Lipinski definition) is 2. The molecule has 1 aromatic carbocycles. The second kappa shape index (κ2) is 9.70. The number of rotatable bonds is 8. The van der Waals surface area contributed by atoms with Crippen molar-refractivity contribution >= 4 is 22.8 Å². The van der Waals surface area contributed by atoms with Gasteiger partial charge in [-0.2, -0.15) is 0 Å². The first-order valence-electron chi connectivity index (χ1n) is 11.2. The quantitative estimate of drug-likeness (QED) is 0.481. The highest BCUT2D eigenvalue weighted by Crippen LogP contribution is 2.35. The van der Waals surface area contributed by atoms with Crippen LogP contribution in [0, 0.1) is 0 Å². The molecule has 0 saturated carbocycles. The molecule has 10 heteroatoms. The molecule has 178 valence electrons. The van der Waals surface area contributed by atoms with Crippen LogP contribution in [0.4, 0.5) is 10.5 Å². The van der Waals surface area contributed by atoms with Crippen molar-refractivity contribution in [2.24, 2.45) is 0 Å². The minimum absolute atomic E-state index is 0.250. The van der Waals surface area contributed by atoms with E-state index in [4.69, 9.17) is 18.9 Å². The molecular weight excluding hydrogens is 440 g/mol. The molecule has 1 saturated heterocycles. The predicted octanol–water partition coefficient (Wildman–Crippen LogP) is 1.93. The van der Waals surface area contributed by atoms with E-state index in [1.807, 2.05) is 12.1 Å². The van der Waals surface area contributed by atoms with Gasteiger partial charge in [-0.05, 0) is 42.8 Å². The first kappa shape index (κ1) is 22.2. The third kappa shape index (κ3) is 4.55. The highest BCUT2D eigenvalue weighted by Gasteiger charge is 2.37. The zero-order valence-corrected chi connectivity index (χ0v) is 18.8. The van der Waals surface area contributed by atoms with Gasteiger partial charge in [-0.15, -0.1) is 0 Å². The van der Waals surface area contributed by atoms with E-state index >= 15 is 0 Å². The lowest BCUT2D eigenvalue weighted by Crippen LogP contribution is -2.39. The van der Waals surface area contributed by atoms with E-state index in [0.29, 0.717) is 49.2 Å². The Labute approximate surface area is 196 Å². The highest BCUT2D eigenvalue weighted by molar-refractivity contribution is 5.90. The summed E-state index contributed by atoms with van der Waals surface area (Å²) < 4.78 is 21.8. The van der Waals surface area contributed by atoms with Crippen molar-refractivity contribution in [3.05, 3.63) is 48.2 Å². The molecule has 1 amide bonds. The molecule has 10 nitrogen and oxygen atoms in total. The summed E-state index contributed by atoms with van der Waals surface area (Å²) >= 11 is 0. The Bertz CT molecular complexity index is 1190. The fourth-order valence-corrected chi connectivity index (χ4v) is 4.08. The maximum absolute atomic E-state index is 12.4. The van der Waals surface area contributed by atoms with Gasteiger partial charge in [0.05, 0.1) is 30.4 Å². The van der Waals surface area contributed by atoms with Crippen molar-refractivity contribution in [3.63, 3.8) is 0 Å². The second-order valence-corrected chi connectivity index (χ2v) is 8.07. The number of amides is 1. The van der Waals surface area contributed by atoms with Crippen LogP contribution in [0.5, 0.6) is 17.4 Å². The van der Waals surface area contributed by atoms with Gasteiger partial charge in [0.15, 0.2) is 11.5 Å². The van der Waals surface area contributed by atoms with Crippen molar-refractivity contribution < 1.29 is 28.8 Å². The number of nitrogens with one attached hydrogen (secondary N) is 1. The summed E-state index contributed by atoms with van der Waals surface area (Å²) in [6, 6.07) is 10.9. The van der Waals surface area contributed by atoms with Crippen LogP contribution < -0.4 is 24.4 Å². The Morgan fingerprint density at radius 2 is 2.06 bits per heavy atom. The Hall–Kier alpha value is -3.63. The van der Waals surface area contributed by atoms with E-state index in [1.54, 1.807) is 37.6 Å². The molecule has 0 aliphatic carbocycles. The molecule has 3 aromatic rings. The summed E-state index contributed by atoms with van der Waals surface area (Å²) in [4.78, 5) is 22.8. The molecule has 2 aliphatic rings. The number of cyclic esters (lactones) is 1. The van der Waals surface area contributed by atoms with E-state index in [2.05, 4.69) is 15.3 Å². The number of aliphatic hydroxyl groups excluding tert-OH is 1. The molecule has 1 unspecified atom stereocenters. The zero-order chi connectivity index (χ0) is 23.5. The predicted molar refractivity (Wildman–Crippen MR) is 124 cm³/mol. The molecule has 34 heavy (non-hydrogen) atoms. The van der Waals surface area contributed by atoms with Crippen LogP contribution in [-0.2, 0) is 11.2 Å². The van der Waals surface area contributed by atoms with Crippen molar-refractivity contribution in [2.75, 3.05) is 44.9 Å². The van der Waals surface area contributed by atoms with Crippen LogP contribution in [0.25, 0.3) is 11.0 Å². The number of benzene rings is 1. The van der Waals surface area contributed by atoms with Crippen LogP contribution in [0.2, 0.25) is 0 Å². The van der Waals surface area contributed by atoms with Crippen molar-refractivity contribution in [2.45, 2.75) is 18.6 Å². The van der Waals surface area contributed by atoms with Gasteiger partial charge in [-0.25, -0.2) is 9.78 Å². The number of hydrogen-bond acceptors (Lipinski definition) is 9. The van der Waals surface area contributed by atoms with Gasteiger partial charge in [0.2, 0.25) is 5.88 Å². The average Bonchev–Trinajstić information content (AvgIpc) is 3.27. The maximum atomic E-state index is 12.4. The van der Waals surface area contributed by atoms with Crippen LogP contribution in [0.3, 0.4) is 0 Å². The molecule has 2 N–H and O–H groups in total. The van der Waals surface area contributed by atoms with E-state index in [9.17, 15) is 9.90 Å². The topological polar surface area (TPSA) is 115 Å². The molecular formula is C24H26N4O6. The molecule has 2 aliphatic heterocycles. The number of carbonyl (C=O) groups excluding carboxylic acids is 1. The Balaban J connectivity index is 1.15. The molecule has 2 aromatic heterocycles. The number of methoxy groups -OCH3 is 1. The maximum Gasteiger partial charge on any atom is 0.414 e. The number of nitrogens with zero attached hydrogens (tertiary/aromatic N) is 3. The fourth-order valence-electron chi connectivity index (χ4n) is 4.08. The van der Waals surface area contributed by atoms with Gasteiger partial charge >= 0.3 is 6.09 Å². The molecule has 0 spiro atoms. The van der Waals surface area contributed by atoms with Gasteiger partial charge in [0, 0.05) is 24.9 Å². The van der Waals surface area contributed by atoms with Crippen molar-refractivity contribution in [3.8, 4) is 17.4 Å². The lowest BCUT2D eigenvalue weighted by molar-refractivity contribution is 0.0333. The van der Waals surface area contributed by atoms with E-state index in [-0.39, 0.29) is 13.1 Å². The van der Waals surface area contributed by atoms with Gasteiger partial charge < -0.3 is 29.4 Å². The third-order valence-electron chi connectivity index (χ3n) is 5.88. The van der Waals surface area contributed by atoms with E-state index in [0.717, 1.165) is 16.6 Å². The summed E-state index contributed by atoms with van der Waals surface area (Å²) in [5, 5.41) is 13.8. The Kier molecular flexibility index (Phi) is 6.33. The molecule has 4 heterocycles. The van der Waals surface area contributed by atoms with Crippen LogP contribution in [0.1, 0.15) is 5.56 Å². The number of ether oxygens (including phenoxy) is 4. The number of aliphatic hydroxyl groups is 1. The number of aromatic nitrogens is 2. The van der Waals surface area contributed by atoms with Gasteiger partial charge in [-0.3, -0.25) is 9.88 Å². The van der Waals surface area contributed by atoms with Gasteiger partial charge in [0.1, 0.15) is 25.4 Å². The lowest BCUT2D eigenvalue weighted by Gasteiger charge is -2.21. The molecule has 0 radical (unpaired) electrons. The second-order valence-electron chi connectivity index (χ2n) is 8.07. The highest BCUT2D eigenvalue weighted by atomic mass is 16.6. The number of fused-ring (bicyclic) bond motifs is 2. The van der Waals surface area contributed by atoms with Crippen molar-refractivity contribution in [1.82, 2.24) is 15.3 Å². The summed E-state index contributed by atoms with van der Waals surface area (Å²) in [5.74, 6) is 1.78. The number of pyridine rings is 2. The van der Waals surface area contributed by atoms with Crippen LogP contribution >= 0.6 is 0 Å². The monoisotopic (exact) mass is 466 g/mol. The lowest BCUT2D eigenvalue weighted by atomic mass is 10.1. The average molecular weight is 466 g/mol. The molecule has 0 bridgehead atoms. The smallest absolute Gasteiger partial charge is 0.414 e. The van der Waals surface area contributed by atoms with Crippen molar-refractivity contribution in [1.29, 1.82) is 0 Å². The largest absolute Gasteiger partial charge is 0.486 e. The minimum atomic E-state index is -0.849. The van der Waals surface area contributed by atoms with E-state index in [1.165, 1.54) is 4.90 Å². The standard InChI is InChI=1S/C24H26N4O6/c1-31-22-5-3-17-23(27-22)15(7-9-26-17)6-8-25-13-18(29)21-14-28(24(30)34-21)16-2-4-19-20(12-16)33-11-10-32-19/h2-5,7,9,12,18,21,25,29H,6,8,10-11,13-14H2,1H3/t18-,21?/m0/s1. The number of anilines is 1. The summed E-state index contributed by atoms with van der Waals surface area (Å²) in [5.41, 5.74) is 3.27. The normalized spacial score (nSPS) is 18.1. The summed E-state index contributed by atoms with van der Waals surface area (Å²) in [6.45, 7) is 2.11. The van der Waals surface area contributed by atoms with Crippen LogP contribution in [-0.4, -0.2) is 73.3 Å².